The number of H-pyrrole nitrogens is 2. The van der Waals surface area contributed by atoms with Gasteiger partial charge < -0.3 is 20.6 Å². The third-order valence-electron chi connectivity index (χ3n) is 5.56. The largest absolute Gasteiger partial charge is 0.365 e. The number of fused-ring (bicyclic) bond motifs is 1. The second-order valence-electron chi connectivity index (χ2n) is 7.85. The summed E-state index contributed by atoms with van der Waals surface area (Å²) in [6, 6.07) is 17.2. The molecule has 0 saturated carbocycles. The zero-order valence-corrected chi connectivity index (χ0v) is 17.4. The number of nitrogens with zero attached hydrogens (tertiary/aromatic N) is 1. The number of carbonyl (C=O) groups excluding carboxylic acids is 2. The Morgan fingerprint density at radius 3 is 2.75 bits per heavy atom. The number of aromatic amines is 2. The van der Waals surface area contributed by atoms with Gasteiger partial charge in [0.05, 0.1) is 23.4 Å². The van der Waals surface area contributed by atoms with E-state index in [0.29, 0.717) is 12.2 Å². The van der Waals surface area contributed by atoms with Crippen LogP contribution < -0.4 is 10.6 Å². The maximum absolute atomic E-state index is 12.8. The van der Waals surface area contributed by atoms with Gasteiger partial charge in [-0.2, -0.15) is 0 Å². The van der Waals surface area contributed by atoms with Crippen LogP contribution in [0.2, 0.25) is 0 Å². The molecule has 3 aromatic heterocycles. The molecule has 32 heavy (non-hydrogen) atoms. The summed E-state index contributed by atoms with van der Waals surface area (Å²) in [6.45, 7) is 0. The maximum Gasteiger partial charge on any atom is 0.231 e. The van der Waals surface area contributed by atoms with Crippen LogP contribution in [0.15, 0.2) is 67.0 Å². The van der Waals surface area contributed by atoms with Crippen molar-refractivity contribution < 1.29 is 9.59 Å². The summed E-state index contributed by atoms with van der Waals surface area (Å²) >= 11 is 0. The number of hydrogen-bond acceptors (Lipinski definition) is 4. The van der Waals surface area contributed by atoms with E-state index in [1.807, 2.05) is 54.6 Å². The fraction of sp³-hybridized carbons (Fsp3) is 0.160. The number of nitrogens with one attached hydrogen (secondary N) is 4. The standard InChI is InChI=1S/C25H23N5O2/c31-20-10-4-9-19-23(20)25(28-17-6-2-1-3-7-17)24(29-19)16-11-13-27-21(14-16)30-22(32)15-18-8-5-12-26-18/h1-3,5-8,11-14,26,28-29H,4,9-10,15H2,(H,27,30,32). The van der Waals surface area contributed by atoms with Crippen LogP contribution in [-0.2, 0) is 17.6 Å². The summed E-state index contributed by atoms with van der Waals surface area (Å²) in [5, 5.41) is 6.29. The summed E-state index contributed by atoms with van der Waals surface area (Å²) in [4.78, 5) is 36.0. The third-order valence-corrected chi connectivity index (χ3v) is 5.56. The van der Waals surface area contributed by atoms with Crippen molar-refractivity contribution in [3.8, 4) is 11.3 Å². The second kappa shape index (κ2) is 8.55. The number of ketones is 1. The first-order valence-electron chi connectivity index (χ1n) is 10.7. The zero-order chi connectivity index (χ0) is 21.9. The molecule has 0 spiro atoms. The Kier molecular flexibility index (Phi) is 5.29. The summed E-state index contributed by atoms with van der Waals surface area (Å²) in [5.74, 6) is 0.449. The molecule has 1 aromatic carbocycles. The van der Waals surface area contributed by atoms with Crippen LogP contribution in [0.4, 0.5) is 17.2 Å². The molecule has 0 atom stereocenters. The van der Waals surface area contributed by atoms with Gasteiger partial charge in [0.15, 0.2) is 5.78 Å². The third kappa shape index (κ3) is 4.05. The number of anilines is 3. The van der Waals surface area contributed by atoms with Crippen molar-refractivity contribution in [2.45, 2.75) is 25.7 Å². The lowest BCUT2D eigenvalue weighted by atomic mass is 9.95. The average molecular weight is 425 g/mol. The van der Waals surface area contributed by atoms with E-state index in [1.54, 1.807) is 12.4 Å². The number of para-hydroxylation sites is 1. The van der Waals surface area contributed by atoms with Gasteiger partial charge in [-0.05, 0) is 49.2 Å². The van der Waals surface area contributed by atoms with Crippen molar-refractivity contribution in [3.05, 3.63) is 83.9 Å². The Hall–Kier alpha value is -4.13. The molecule has 0 bridgehead atoms. The number of amides is 1. The molecular weight excluding hydrogens is 402 g/mol. The lowest BCUT2D eigenvalue weighted by Gasteiger charge is -2.14. The van der Waals surface area contributed by atoms with Crippen molar-refractivity contribution >= 4 is 28.9 Å². The summed E-state index contributed by atoms with van der Waals surface area (Å²) in [5.41, 5.74) is 5.84. The number of benzene rings is 1. The number of carbonyl (C=O) groups is 2. The van der Waals surface area contributed by atoms with E-state index < -0.39 is 0 Å². The first kappa shape index (κ1) is 19.8. The molecule has 0 aliphatic heterocycles. The molecule has 4 aromatic rings. The van der Waals surface area contributed by atoms with Gasteiger partial charge in [-0.1, -0.05) is 18.2 Å². The summed E-state index contributed by atoms with van der Waals surface area (Å²) in [7, 11) is 0. The lowest BCUT2D eigenvalue weighted by Crippen LogP contribution is -2.15. The predicted octanol–water partition coefficient (Wildman–Crippen LogP) is 4.85. The average Bonchev–Trinajstić information content (AvgIpc) is 3.43. The number of pyridine rings is 1. The minimum Gasteiger partial charge on any atom is -0.365 e. The van der Waals surface area contributed by atoms with Gasteiger partial charge in [0, 0.05) is 41.5 Å². The smallest absolute Gasteiger partial charge is 0.231 e. The molecule has 7 nitrogen and oxygen atoms in total. The monoisotopic (exact) mass is 425 g/mol. The fourth-order valence-corrected chi connectivity index (χ4v) is 4.10. The molecule has 1 aliphatic rings. The molecular formula is C25H23N5O2. The van der Waals surface area contributed by atoms with Crippen LogP contribution >= 0.6 is 0 Å². The van der Waals surface area contributed by atoms with Crippen LogP contribution in [0.3, 0.4) is 0 Å². The van der Waals surface area contributed by atoms with Crippen LogP contribution in [0.1, 0.15) is 34.6 Å². The Balaban J connectivity index is 1.48. The van der Waals surface area contributed by atoms with Gasteiger partial charge in [0.2, 0.25) is 5.91 Å². The molecule has 0 unspecified atom stereocenters. The van der Waals surface area contributed by atoms with Gasteiger partial charge >= 0.3 is 0 Å². The second-order valence-corrected chi connectivity index (χ2v) is 7.85. The maximum atomic E-state index is 12.8. The van der Waals surface area contributed by atoms with E-state index >= 15 is 0 Å². The Morgan fingerprint density at radius 2 is 1.94 bits per heavy atom. The van der Waals surface area contributed by atoms with Gasteiger partial charge in [0.1, 0.15) is 5.82 Å². The quantitative estimate of drug-likeness (QED) is 0.355. The lowest BCUT2D eigenvalue weighted by molar-refractivity contribution is -0.115. The highest BCUT2D eigenvalue weighted by atomic mass is 16.1. The predicted molar refractivity (Wildman–Crippen MR) is 124 cm³/mol. The van der Waals surface area contributed by atoms with E-state index in [4.69, 9.17) is 0 Å². The highest BCUT2D eigenvalue weighted by Crippen LogP contribution is 2.39. The van der Waals surface area contributed by atoms with Crippen molar-refractivity contribution in [1.29, 1.82) is 0 Å². The minimum absolute atomic E-state index is 0.140. The number of rotatable bonds is 6. The van der Waals surface area contributed by atoms with Crippen molar-refractivity contribution in [2.75, 3.05) is 10.6 Å². The first-order chi connectivity index (χ1) is 15.7. The van der Waals surface area contributed by atoms with Crippen LogP contribution in [0.25, 0.3) is 11.3 Å². The van der Waals surface area contributed by atoms with Crippen LogP contribution in [-0.4, -0.2) is 26.6 Å². The highest BCUT2D eigenvalue weighted by Gasteiger charge is 2.27. The Bertz CT molecular complexity index is 1260. The number of aromatic nitrogens is 3. The van der Waals surface area contributed by atoms with Crippen LogP contribution in [0, 0.1) is 0 Å². The number of aryl methyl sites for hydroxylation is 1. The topological polar surface area (TPSA) is 103 Å². The molecule has 0 radical (unpaired) electrons. The van der Waals surface area contributed by atoms with Crippen LogP contribution in [0.5, 0.6) is 0 Å². The molecule has 4 N–H and O–H groups in total. The van der Waals surface area contributed by atoms with E-state index in [0.717, 1.165) is 52.4 Å². The molecule has 3 heterocycles. The molecule has 1 aliphatic carbocycles. The van der Waals surface area contributed by atoms with E-state index in [2.05, 4.69) is 25.6 Å². The molecule has 5 rings (SSSR count). The highest BCUT2D eigenvalue weighted by molar-refractivity contribution is 6.07. The number of hydrogen-bond donors (Lipinski definition) is 4. The molecule has 1 amide bonds. The number of Topliss-reactive ketones (excluding diaryl/α,β-unsaturated/α-hetero) is 1. The van der Waals surface area contributed by atoms with Gasteiger partial charge in [-0.3, -0.25) is 9.59 Å². The minimum atomic E-state index is -0.152. The van der Waals surface area contributed by atoms with E-state index in [1.165, 1.54) is 0 Å². The Morgan fingerprint density at radius 1 is 1.06 bits per heavy atom. The normalized spacial score (nSPS) is 12.9. The van der Waals surface area contributed by atoms with E-state index in [-0.39, 0.29) is 18.1 Å². The molecule has 0 fully saturated rings. The Labute approximate surface area is 185 Å². The summed E-state index contributed by atoms with van der Waals surface area (Å²) < 4.78 is 0. The molecule has 160 valence electrons. The zero-order valence-electron chi connectivity index (χ0n) is 17.4. The van der Waals surface area contributed by atoms with Crippen molar-refractivity contribution in [1.82, 2.24) is 15.0 Å². The van der Waals surface area contributed by atoms with Gasteiger partial charge in [-0.25, -0.2) is 4.98 Å². The molecule has 0 saturated heterocycles. The van der Waals surface area contributed by atoms with Gasteiger partial charge in [-0.15, -0.1) is 0 Å². The fourth-order valence-electron chi connectivity index (χ4n) is 4.10. The summed E-state index contributed by atoms with van der Waals surface area (Å²) in [6.07, 6.45) is 5.90. The van der Waals surface area contributed by atoms with Gasteiger partial charge in [0.25, 0.3) is 0 Å². The van der Waals surface area contributed by atoms with E-state index in [9.17, 15) is 9.59 Å². The van der Waals surface area contributed by atoms with Crippen molar-refractivity contribution in [2.24, 2.45) is 0 Å². The molecule has 7 heteroatoms. The SMILES string of the molecule is O=C(Cc1ccc[nH]1)Nc1cc(-c2[nH]c3c(c2Nc2ccccc2)C(=O)CCC3)ccn1. The first-order valence-corrected chi connectivity index (χ1v) is 10.7. The van der Waals surface area contributed by atoms with Crippen molar-refractivity contribution in [3.63, 3.8) is 0 Å².